The maximum Gasteiger partial charge on any atom is 0.236 e. The third-order valence-electron chi connectivity index (χ3n) is 3.23. The van der Waals surface area contributed by atoms with E-state index in [4.69, 9.17) is 5.73 Å². The Balaban J connectivity index is 2.08. The third kappa shape index (κ3) is 1.69. The van der Waals surface area contributed by atoms with Gasteiger partial charge in [0.1, 0.15) is 0 Å². The summed E-state index contributed by atoms with van der Waals surface area (Å²) in [4.78, 5) is 13.9. The molecule has 1 aliphatic heterocycles. The van der Waals surface area contributed by atoms with Gasteiger partial charge in [-0.1, -0.05) is 30.3 Å². The van der Waals surface area contributed by atoms with Crippen LogP contribution in [0.2, 0.25) is 0 Å². The SMILES string of the molecule is NCc1cccc(N2C(=O)Cc3ccccc32)c1. The average molecular weight is 238 g/mol. The Morgan fingerprint density at radius 1 is 1.11 bits per heavy atom. The van der Waals surface area contributed by atoms with Crippen molar-refractivity contribution in [2.24, 2.45) is 5.73 Å². The normalized spacial score (nSPS) is 13.8. The molecule has 0 saturated carbocycles. The molecule has 90 valence electrons. The van der Waals surface area contributed by atoms with E-state index in [1.807, 2.05) is 48.5 Å². The molecule has 3 nitrogen and oxygen atoms in total. The minimum absolute atomic E-state index is 0.116. The largest absolute Gasteiger partial charge is 0.326 e. The minimum atomic E-state index is 0.116. The van der Waals surface area contributed by atoms with Crippen molar-refractivity contribution in [3.05, 3.63) is 59.7 Å². The van der Waals surface area contributed by atoms with Crippen molar-refractivity contribution in [2.45, 2.75) is 13.0 Å². The first-order chi connectivity index (χ1) is 8.79. The quantitative estimate of drug-likeness (QED) is 0.873. The topological polar surface area (TPSA) is 46.3 Å². The number of nitrogens with zero attached hydrogens (tertiary/aromatic N) is 1. The number of benzene rings is 2. The van der Waals surface area contributed by atoms with Crippen molar-refractivity contribution in [3.8, 4) is 0 Å². The molecule has 0 saturated heterocycles. The lowest BCUT2D eigenvalue weighted by atomic mass is 10.1. The van der Waals surface area contributed by atoms with Gasteiger partial charge in [0, 0.05) is 12.2 Å². The van der Waals surface area contributed by atoms with E-state index >= 15 is 0 Å². The first-order valence-electron chi connectivity index (χ1n) is 5.99. The van der Waals surface area contributed by atoms with E-state index in [0.29, 0.717) is 13.0 Å². The third-order valence-corrected chi connectivity index (χ3v) is 3.23. The number of hydrogen-bond acceptors (Lipinski definition) is 2. The molecule has 2 aromatic carbocycles. The van der Waals surface area contributed by atoms with Gasteiger partial charge in [0.2, 0.25) is 5.91 Å². The molecule has 2 N–H and O–H groups in total. The van der Waals surface area contributed by atoms with Crippen LogP contribution in [0.5, 0.6) is 0 Å². The van der Waals surface area contributed by atoms with Crippen LogP contribution in [0.3, 0.4) is 0 Å². The van der Waals surface area contributed by atoms with E-state index in [2.05, 4.69) is 0 Å². The molecule has 1 amide bonds. The molecule has 0 aliphatic carbocycles. The summed E-state index contributed by atoms with van der Waals surface area (Å²) in [6, 6.07) is 15.7. The predicted molar refractivity (Wildman–Crippen MR) is 71.6 cm³/mol. The molecular formula is C15H14N2O. The van der Waals surface area contributed by atoms with Crippen molar-refractivity contribution >= 4 is 17.3 Å². The average Bonchev–Trinajstić information content (AvgIpc) is 2.74. The van der Waals surface area contributed by atoms with Crippen LogP contribution in [0.1, 0.15) is 11.1 Å². The summed E-state index contributed by atoms with van der Waals surface area (Å²) < 4.78 is 0. The molecule has 18 heavy (non-hydrogen) atoms. The van der Waals surface area contributed by atoms with E-state index in [1.165, 1.54) is 0 Å². The summed E-state index contributed by atoms with van der Waals surface area (Å²) in [5, 5.41) is 0. The Kier molecular flexibility index (Phi) is 2.61. The smallest absolute Gasteiger partial charge is 0.236 e. The summed E-state index contributed by atoms with van der Waals surface area (Å²) in [5.74, 6) is 0.116. The van der Waals surface area contributed by atoms with Crippen molar-refractivity contribution in [1.82, 2.24) is 0 Å². The second-order valence-electron chi connectivity index (χ2n) is 4.41. The van der Waals surface area contributed by atoms with Crippen molar-refractivity contribution < 1.29 is 4.79 Å². The van der Waals surface area contributed by atoms with Gasteiger partial charge in [0.15, 0.2) is 0 Å². The van der Waals surface area contributed by atoms with E-state index in [-0.39, 0.29) is 5.91 Å². The van der Waals surface area contributed by atoms with Crippen LogP contribution in [0.15, 0.2) is 48.5 Å². The highest BCUT2D eigenvalue weighted by atomic mass is 16.2. The van der Waals surface area contributed by atoms with Crippen molar-refractivity contribution in [3.63, 3.8) is 0 Å². The Morgan fingerprint density at radius 3 is 2.78 bits per heavy atom. The number of carbonyl (C=O) groups excluding carboxylic acids is 1. The van der Waals surface area contributed by atoms with Gasteiger partial charge < -0.3 is 5.73 Å². The Morgan fingerprint density at radius 2 is 1.94 bits per heavy atom. The fraction of sp³-hybridized carbons (Fsp3) is 0.133. The molecule has 1 heterocycles. The molecule has 3 heteroatoms. The minimum Gasteiger partial charge on any atom is -0.326 e. The fourth-order valence-electron chi connectivity index (χ4n) is 2.36. The standard InChI is InChI=1S/C15H14N2O/c16-10-11-4-3-6-13(8-11)17-14-7-2-1-5-12(14)9-15(17)18/h1-8H,9-10,16H2. The van der Waals surface area contributed by atoms with Crippen LogP contribution in [-0.4, -0.2) is 5.91 Å². The van der Waals surface area contributed by atoms with E-state index < -0.39 is 0 Å². The van der Waals surface area contributed by atoms with Gasteiger partial charge in [-0.25, -0.2) is 0 Å². The molecule has 0 fully saturated rings. The van der Waals surface area contributed by atoms with Crippen LogP contribution in [0.4, 0.5) is 11.4 Å². The first kappa shape index (κ1) is 11.0. The monoisotopic (exact) mass is 238 g/mol. The van der Waals surface area contributed by atoms with Crippen molar-refractivity contribution in [2.75, 3.05) is 4.90 Å². The predicted octanol–water partition coefficient (Wildman–Crippen LogP) is 2.37. The number of carbonyl (C=O) groups is 1. The number of anilines is 2. The van der Waals surface area contributed by atoms with Gasteiger partial charge in [-0.2, -0.15) is 0 Å². The van der Waals surface area contributed by atoms with E-state index in [0.717, 1.165) is 22.5 Å². The number of hydrogen-bond donors (Lipinski definition) is 1. The van der Waals surface area contributed by atoms with Gasteiger partial charge >= 0.3 is 0 Å². The van der Waals surface area contributed by atoms with Crippen molar-refractivity contribution in [1.29, 1.82) is 0 Å². The summed E-state index contributed by atoms with van der Waals surface area (Å²) in [6.45, 7) is 0.484. The lowest BCUT2D eigenvalue weighted by Crippen LogP contribution is -2.20. The highest BCUT2D eigenvalue weighted by Crippen LogP contribution is 2.35. The van der Waals surface area contributed by atoms with Gasteiger partial charge in [-0.3, -0.25) is 9.69 Å². The first-order valence-corrected chi connectivity index (χ1v) is 5.99. The number of nitrogens with two attached hydrogens (primary N) is 1. The van der Waals surface area contributed by atoms with Crippen LogP contribution in [-0.2, 0) is 17.8 Å². The van der Waals surface area contributed by atoms with Crippen LogP contribution < -0.4 is 10.6 Å². The van der Waals surface area contributed by atoms with Crippen LogP contribution >= 0.6 is 0 Å². The van der Waals surface area contributed by atoms with E-state index in [1.54, 1.807) is 4.90 Å². The Bertz CT molecular complexity index is 607. The highest BCUT2D eigenvalue weighted by molar-refractivity contribution is 6.07. The number of rotatable bonds is 2. The van der Waals surface area contributed by atoms with Crippen LogP contribution in [0, 0.1) is 0 Å². The van der Waals surface area contributed by atoms with Gasteiger partial charge in [0.25, 0.3) is 0 Å². The molecule has 3 rings (SSSR count). The molecule has 0 aromatic heterocycles. The zero-order valence-electron chi connectivity index (χ0n) is 9.97. The van der Waals surface area contributed by atoms with E-state index in [9.17, 15) is 4.79 Å². The fourth-order valence-corrected chi connectivity index (χ4v) is 2.36. The second-order valence-corrected chi connectivity index (χ2v) is 4.41. The molecule has 0 bridgehead atoms. The molecule has 0 unspecified atom stereocenters. The maximum atomic E-state index is 12.1. The molecule has 0 radical (unpaired) electrons. The zero-order valence-corrected chi connectivity index (χ0v) is 9.97. The molecule has 0 atom stereocenters. The summed E-state index contributed by atoms with van der Waals surface area (Å²) in [7, 11) is 0. The highest BCUT2D eigenvalue weighted by Gasteiger charge is 2.27. The number of amides is 1. The Hall–Kier alpha value is -2.13. The summed E-state index contributed by atoms with van der Waals surface area (Å²) >= 11 is 0. The second kappa shape index (κ2) is 4.27. The summed E-state index contributed by atoms with van der Waals surface area (Å²) in [5.41, 5.74) is 9.64. The zero-order chi connectivity index (χ0) is 12.5. The Labute approximate surface area is 106 Å². The van der Waals surface area contributed by atoms with Crippen LogP contribution in [0.25, 0.3) is 0 Å². The van der Waals surface area contributed by atoms with Gasteiger partial charge in [-0.15, -0.1) is 0 Å². The molecular weight excluding hydrogens is 224 g/mol. The number of para-hydroxylation sites is 1. The molecule has 1 aliphatic rings. The summed E-state index contributed by atoms with van der Waals surface area (Å²) in [6.07, 6.45) is 0.475. The lowest BCUT2D eigenvalue weighted by Gasteiger charge is -2.18. The lowest BCUT2D eigenvalue weighted by molar-refractivity contribution is -0.116. The molecule has 0 spiro atoms. The maximum absolute atomic E-state index is 12.1. The number of fused-ring (bicyclic) bond motifs is 1. The van der Waals surface area contributed by atoms with Gasteiger partial charge in [-0.05, 0) is 29.3 Å². The molecule has 2 aromatic rings. The van der Waals surface area contributed by atoms with Gasteiger partial charge in [0.05, 0.1) is 12.1 Å².